The molecule has 4 rings (SSSR count). The second kappa shape index (κ2) is 6.47. The van der Waals surface area contributed by atoms with E-state index in [2.05, 4.69) is 10.3 Å². The lowest BCUT2D eigenvalue weighted by molar-refractivity contribution is -0.144. The maximum atomic E-state index is 5.66. The number of hydrogen-bond acceptors (Lipinski definition) is 6. The summed E-state index contributed by atoms with van der Waals surface area (Å²) in [6.07, 6.45) is 0.764. The van der Waals surface area contributed by atoms with Gasteiger partial charge in [0.05, 0.1) is 23.6 Å². The zero-order chi connectivity index (χ0) is 16.4. The number of aromatic nitrogens is 2. The fourth-order valence-electron chi connectivity index (χ4n) is 2.84. The number of anilines is 1. The van der Waals surface area contributed by atoms with Gasteiger partial charge in [-0.25, -0.2) is 9.97 Å². The molecule has 0 unspecified atom stereocenters. The first-order valence-electron chi connectivity index (χ1n) is 8.06. The Bertz CT molecular complexity index is 829. The van der Waals surface area contributed by atoms with Crippen molar-refractivity contribution >= 4 is 28.1 Å². The number of nitrogens with zero attached hydrogens (tertiary/aromatic N) is 2. The third-order valence-electron chi connectivity index (χ3n) is 4.11. The number of nitrogens with one attached hydrogen (secondary N) is 1. The highest BCUT2D eigenvalue weighted by Crippen LogP contribution is 2.28. The van der Waals surface area contributed by atoms with E-state index >= 15 is 0 Å². The van der Waals surface area contributed by atoms with Crippen LogP contribution in [-0.2, 0) is 9.47 Å². The standard InChI is InChI=1S/C18H19N3O2S/c1-18(22-10-11-23-18)8-9-19-16-13-5-2-3-6-14(13)20-17(21-16)15-7-4-12-24-15/h2-7,12H,8-11H2,1H3,(H,19,20,21). The highest BCUT2D eigenvalue weighted by atomic mass is 32.1. The van der Waals surface area contributed by atoms with Crippen molar-refractivity contribution in [2.24, 2.45) is 0 Å². The van der Waals surface area contributed by atoms with E-state index < -0.39 is 5.79 Å². The van der Waals surface area contributed by atoms with Gasteiger partial charge in [0, 0.05) is 18.4 Å². The van der Waals surface area contributed by atoms with Crippen LogP contribution < -0.4 is 5.32 Å². The van der Waals surface area contributed by atoms with Crippen LogP contribution in [0.4, 0.5) is 5.82 Å². The molecule has 0 amide bonds. The number of ether oxygens (including phenoxy) is 2. The number of benzene rings is 1. The van der Waals surface area contributed by atoms with Crippen LogP contribution in [0.1, 0.15) is 13.3 Å². The molecule has 1 aliphatic heterocycles. The number of hydrogen-bond donors (Lipinski definition) is 1. The highest BCUT2D eigenvalue weighted by Gasteiger charge is 2.30. The van der Waals surface area contributed by atoms with Gasteiger partial charge in [-0.15, -0.1) is 11.3 Å². The molecule has 0 spiro atoms. The average Bonchev–Trinajstić information content (AvgIpc) is 3.27. The van der Waals surface area contributed by atoms with Crippen molar-refractivity contribution < 1.29 is 9.47 Å². The first kappa shape index (κ1) is 15.5. The Morgan fingerprint density at radius 1 is 1.12 bits per heavy atom. The van der Waals surface area contributed by atoms with Gasteiger partial charge in [-0.2, -0.15) is 0 Å². The van der Waals surface area contributed by atoms with Crippen LogP contribution in [0.5, 0.6) is 0 Å². The van der Waals surface area contributed by atoms with Crippen LogP contribution >= 0.6 is 11.3 Å². The quantitative estimate of drug-likeness (QED) is 0.762. The van der Waals surface area contributed by atoms with E-state index in [1.807, 2.05) is 48.7 Å². The fourth-order valence-corrected chi connectivity index (χ4v) is 3.49. The molecular weight excluding hydrogens is 322 g/mol. The molecule has 1 aromatic carbocycles. The predicted octanol–water partition coefficient (Wildman–Crippen LogP) is 3.92. The average molecular weight is 341 g/mol. The first-order chi connectivity index (χ1) is 11.7. The molecule has 124 valence electrons. The van der Waals surface area contributed by atoms with Gasteiger partial charge in [-0.1, -0.05) is 18.2 Å². The number of para-hydroxylation sites is 1. The van der Waals surface area contributed by atoms with Crippen LogP contribution in [0.2, 0.25) is 0 Å². The van der Waals surface area contributed by atoms with Crippen LogP contribution in [-0.4, -0.2) is 35.5 Å². The smallest absolute Gasteiger partial charge is 0.172 e. The molecule has 0 aliphatic carbocycles. The largest absolute Gasteiger partial charge is 0.369 e. The molecule has 0 radical (unpaired) electrons. The lowest BCUT2D eigenvalue weighted by atomic mass is 10.2. The van der Waals surface area contributed by atoms with E-state index in [9.17, 15) is 0 Å². The molecule has 6 heteroatoms. The fraction of sp³-hybridized carbons (Fsp3) is 0.333. The van der Waals surface area contributed by atoms with Gasteiger partial charge in [0.25, 0.3) is 0 Å². The number of rotatable bonds is 5. The highest BCUT2D eigenvalue weighted by molar-refractivity contribution is 7.13. The van der Waals surface area contributed by atoms with Crippen LogP contribution in [0.3, 0.4) is 0 Å². The molecular formula is C18H19N3O2S. The summed E-state index contributed by atoms with van der Waals surface area (Å²) in [5, 5.41) is 6.50. The van der Waals surface area contributed by atoms with E-state index in [0.717, 1.165) is 40.4 Å². The van der Waals surface area contributed by atoms with E-state index in [1.165, 1.54) is 0 Å². The Morgan fingerprint density at radius 3 is 2.75 bits per heavy atom. The second-order valence-electron chi connectivity index (χ2n) is 5.90. The Balaban J connectivity index is 1.61. The molecule has 1 fully saturated rings. The monoisotopic (exact) mass is 341 g/mol. The predicted molar refractivity (Wildman–Crippen MR) is 96.3 cm³/mol. The van der Waals surface area contributed by atoms with Crippen molar-refractivity contribution in [2.75, 3.05) is 25.1 Å². The van der Waals surface area contributed by atoms with Crippen molar-refractivity contribution in [3.8, 4) is 10.7 Å². The van der Waals surface area contributed by atoms with Crippen molar-refractivity contribution in [2.45, 2.75) is 19.1 Å². The summed E-state index contributed by atoms with van der Waals surface area (Å²) >= 11 is 1.64. The third-order valence-corrected chi connectivity index (χ3v) is 4.98. The minimum Gasteiger partial charge on any atom is -0.369 e. The SMILES string of the molecule is CC1(CCNc2nc(-c3cccs3)nc3ccccc23)OCCO1. The molecule has 0 atom stereocenters. The number of fused-ring (bicyclic) bond motifs is 1. The molecule has 2 aromatic heterocycles. The zero-order valence-electron chi connectivity index (χ0n) is 13.5. The van der Waals surface area contributed by atoms with Gasteiger partial charge in [0.15, 0.2) is 11.6 Å². The van der Waals surface area contributed by atoms with Gasteiger partial charge in [-0.3, -0.25) is 0 Å². The van der Waals surface area contributed by atoms with Crippen molar-refractivity contribution in [3.63, 3.8) is 0 Å². The molecule has 24 heavy (non-hydrogen) atoms. The van der Waals surface area contributed by atoms with E-state index in [1.54, 1.807) is 11.3 Å². The summed E-state index contributed by atoms with van der Waals surface area (Å²) in [5.74, 6) is 1.11. The molecule has 1 aliphatic rings. The summed E-state index contributed by atoms with van der Waals surface area (Å²) in [4.78, 5) is 10.5. The Hall–Kier alpha value is -2.02. The molecule has 0 bridgehead atoms. The molecule has 1 N–H and O–H groups in total. The maximum absolute atomic E-state index is 5.66. The summed E-state index contributed by atoms with van der Waals surface area (Å²) in [6, 6.07) is 12.1. The minimum absolute atomic E-state index is 0.494. The molecule has 0 saturated carbocycles. The van der Waals surface area contributed by atoms with Crippen molar-refractivity contribution in [1.29, 1.82) is 0 Å². The second-order valence-corrected chi connectivity index (χ2v) is 6.85. The minimum atomic E-state index is -0.494. The Morgan fingerprint density at radius 2 is 1.96 bits per heavy atom. The molecule has 5 nitrogen and oxygen atoms in total. The molecule has 3 aromatic rings. The summed E-state index contributed by atoms with van der Waals surface area (Å²) in [5.41, 5.74) is 0.943. The van der Waals surface area contributed by atoms with Crippen molar-refractivity contribution in [1.82, 2.24) is 9.97 Å². The van der Waals surface area contributed by atoms with E-state index in [-0.39, 0.29) is 0 Å². The van der Waals surface area contributed by atoms with E-state index in [0.29, 0.717) is 13.2 Å². The number of thiophene rings is 1. The third kappa shape index (κ3) is 3.13. The van der Waals surface area contributed by atoms with E-state index in [4.69, 9.17) is 14.5 Å². The zero-order valence-corrected chi connectivity index (χ0v) is 14.3. The van der Waals surface area contributed by atoms with Gasteiger partial charge in [0.2, 0.25) is 0 Å². The molecule has 1 saturated heterocycles. The van der Waals surface area contributed by atoms with Gasteiger partial charge < -0.3 is 14.8 Å². The van der Waals surface area contributed by atoms with Crippen LogP contribution in [0, 0.1) is 0 Å². The van der Waals surface area contributed by atoms with Crippen LogP contribution in [0.15, 0.2) is 41.8 Å². The topological polar surface area (TPSA) is 56.3 Å². The van der Waals surface area contributed by atoms with Gasteiger partial charge >= 0.3 is 0 Å². The first-order valence-corrected chi connectivity index (χ1v) is 8.94. The Labute approximate surface area is 144 Å². The lowest BCUT2D eigenvalue weighted by Gasteiger charge is -2.22. The van der Waals surface area contributed by atoms with Gasteiger partial charge in [-0.05, 0) is 30.5 Å². The molecule has 3 heterocycles. The van der Waals surface area contributed by atoms with Gasteiger partial charge in [0.1, 0.15) is 5.82 Å². The normalized spacial score (nSPS) is 16.5. The summed E-state index contributed by atoms with van der Waals surface area (Å²) in [6.45, 7) is 4.03. The Kier molecular flexibility index (Phi) is 4.18. The van der Waals surface area contributed by atoms with Crippen LogP contribution in [0.25, 0.3) is 21.6 Å². The maximum Gasteiger partial charge on any atom is 0.172 e. The summed E-state index contributed by atoms with van der Waals surface area (Å²) in [7, 11) is 0. The lowest BCUT2D eigenvalue weighted by Crippen LogP contribution is -2.28. The van der Waals surface area contributed by atoms with Crippen molar-refractivity contribution in [3.05, 3.63) is 41.8 Å². The summed E-state index contributed by atoms with van der Waals surface area (Å²) < 4.78 is 11.3.